The summed E-state index contributed by atoms with van der Waals surface area (Å²) < 4.78 is 4.97. The SMILES string of the molecule is C#Cc1cccc(NC(=O)CN(C)C(=O)c2ccccc2SCc2noc(C)n2)c1. The molecule has 0 atom stereocenters. The van der Waals surface area contributed by atoms with Gasteiger partial charge in [0.1, 0.15) is 0 Å². The number of benzene rings is 2. The van der Waals surface area contributed by atoms with Gasteiger partial charge in [-0.15, -0.1) is 18.2 Å². The summed E-state index contributed by atoms with van der Waals surface area (Å²) in [5.74, 6) is 3.47. The fourth-order valence-corrected chi connectivity index (χ4v) is 3.58. The van der Waals surface area contributed by atoms with Crippen LogP contribution >= 0.6 is 11.8 Å². The maximum atomic E-state index is 12.9. The summed E-state index contributed by atoms with van der Waals surface area (Å²) in [6.07, 6.45) is 5.38. The second-order valence-corrected chi connectivity index (χ2v) is 7.47. The Morgan fingerprint density at radius 2 is 2.03 bits per heavy atom. The van der Waals surface area contributed by atoms with Crippen LogP contribution in [-0.4, -0.2) is 40.4 Å². The van der Waals surface area contributed by atoms with Gasteiger partial charge in [0, 0.05) is 30.1 Å². The molecule has 30 heavy (non-hydrogen) atoms. The van der Waals surface area contributed by atoms with E-state index in [9.17, 15) is 9.59 Å². The minimum Gasteiger partial charge on any atom is -0.340 e. The summed E-state index contributed by atoms with van der Waals surface area (Å²) in [6.45, 7) is 1.63. The molecular formula is C22H20N4O3S. The monoisotopic (exact) mass is 420 g/mol. The highest BCUT2D eigenvalue weighted by Crippen LogP contribution is 2.26. The minimum absolute atomic E-state index is 0.0951. The van der Waals surface area contributed by atoms with Gasteiger partial charge >= 0.3 is 0 Å². The van der Waals surface area contributed by atoms with E-state index in [0.29, 0.717) is 34.3 Å². The molecule has 1 heterocycles. The summed E-state index contributed by atoms with van der Waals surface area (Å²) >= 11 is 1.43. The first-order valence-electron chi connectivity index (χ1n) is 9.09. The highest BCUT2D eigenvalue weighted by molar-refractivity contribution is 7.98. The number of hydrogen-bond acceptors (Lipinski definition) is 6. The number of anilines is 1. The molecule has 0 radical (unpaired) electrons. The van der Waals surface area contributed by atoms with Crippen molar-refractivity contribution in [3.05, 3.63) is 71.4 Å². The lowest BCUT2D eigenvalue weighted by atomic mass is 10.2. The van der Waals surface area contributed by atoms with Crippen molar-refractivity contribution < 1.29 is 14.1 Å². The number of nitrogens with zero attached hydrogens (tertiary/aromatic N) is 3. The Kier molecular flexibility index (Phi) is 6.88. The fourth-order valence-electron chi connectivity index (χ4n) is 2.69. The molecule has 152 valence electrons. The smallest absolute Gasteiger partial charge is 0.255 e. The first-order chi connectivity index (χ1) is 14.5. The Bertz CT molecular complexity index is 1100. The van der Waals surface area contributed by atoms with Crippen molar-refractivity contribution in [2.45, 2.75) is 17.6 Å². The zero-order valence-corrected chi connectivity index (χ0v) is 17.4. The number of amides is 2. The van der Waals surface area contributed by atoms with Gasteiger partial charge in [-0.1, -0.05) is 29.3 Å². The van der Waals surface area contributed by atoms with Crippen LogP contribution in [0.5, 0.6) is 0 Å². The number of carbonyl (C=O) groups excluding carboxylic acids is 2. The molecule has 0 aliphatic rings. The van der Waals surface area contributed by atoms with Gasteiger partial charge in [0.2, 0.25) is 11.8 Å². The third-order valence-electron chi connectivity index (χ3n) is 4.08. The van der Waals surface area contributed by atoms with Crippen molar-refractivity contribution in [1.82, 2.24) is 15.0 Å². The van der Waals surface area contributed by atoms with Crippen LogP contribution in [0.15, 0.2) is 57.9 Å². The number of likely N-dealkylation sites (N-methyl/N-ethyl adjacent to an activating group) is 1. The lowest BCUT2D eigenvalue weighted by Gasteiger charge is -2.18. The topological polar surface area (TPSA) is 88.3 Å². The van der Waals surface area contributed by atoms with Gasteiger partial charge in [0.15, 0.2) is 5.82 Å². The molecule has 0 bridgehead atoms. The standard InChI is InChI=1S/C22H20N4O3S/c1-4-16-8-7-9-17(12-16)24-21(27)13-26(3)22(28)18-10-5-6-11-19(18)30-14-20-23-15(2)29-25-20/h1,5-12H,13-14H2,2-3H3,(H,24,27). The first-order valence-corrected chi connectivity index (χ1v) is 10.1. The molecule has 0 saturated heterocycles. The van der Waals surface area contributed by atoms with Crippen molar-refractivity contribution in [1.29, 1.82) is 0 Å². The first kappa shape index (κ1) is 21.1. The Morgan fingerprint density at radius 3 is 2.77 bits per heavy atom. The van der Waals surface area contributed by atoms with Gasteiger partial charge in [-0.2, -0.15) is 4.98 Å². The summed E-state index contributed by atoms with van der Waals surface area (Å²) in [5, 5.41) is 6.62. The molecule has 2 aromatic carbocycles. The molecule has 7 nitrogen and oxygen atoms in total. The van der Waals surface area contributed by atoms with E-state index in [2.05, 4.69) is 21.4 Å². The van der Waals surface area contributed by atoms with Crippen LogP contribution in [0.2, 0.25) is 0 Å². The number of rotatable bonds is 7. The van der Waals surface area contributed by atoms with Crippen LogP contribution < -0.4 is 5.32 Å². The number of thioether (sulfide) groups is 1. The summed E-state index contributed by atoms with van der Waals surface area (Å²) in [7, 11) is 1.59. The van der Waals surface area contributed by atoms with Crippen LogP contribution in [-0.2, 0) is 10.5 Å². The lowest BCUT2D eigenvalue weighted by molar-refractivity contribution is -0.116. The number of nitrogens with one attached hydrogen (secondary N) is 1. The highest BCUT2D eigenvalue weighted by Gasteiger charge is 2.19. The largest absolute Gasteiger partial charge is 0.340 e. The molecule has 1 aromatic heterocycles. The predicted octanol–water partition coefficient (Wildman–Crippen LogP) is 3.36. The second-order valence-electron chi connectivity index (χ2n) is 6.45. The molecule has 1 N–H and O–H groups in total. The van der Waals surface area contributed by atoms with Crippen molar-refractivity contribution in [3.63, 3.8) is 0 Å². The highest BCUT2D eigenvalue weighted by atomic mass is 32.2. The predicted molar refractivity (Wildman–Crippen MR) is 115 cm³/mol. The molecule has 0 spiro atoms. The minimum atomic E-state index is -0.313. The lowest BCUT2D eigenvalue weighted by Crippen LogP contribution is -2.35. The van der Waals surface area contributed by atoms with Gasteiger partial charge in [0.05, 0.1) is 17.9 Å². The molecule has 0 unspecified atom stereocenters. The molecule has 0 fully saturated rings. The van der Waals surface area contributed by atoms with E-state index >= 15 is 0 Å². The van der Waals surface area contributed by atoms with Gasteiger partial charge in [-0.3, -0.25) is 9.59 Å². The van der Waals surface area contributed by atoms with Gasteiger partial charge in [-0.25, -0.2) is 0 Å². The van der Waals surface area contributed by atoms with Crippen molar-refractivity contribution in [2.75, 3.05) is 18.9 Å². The van der Waals surface area contributed by atoms with Crippen LogP contribution in [0.1, 0.15) is 27.6 Å². The van der Waals surface area contributed by atoms with Crippen molar-refractivity contribution in [2.24, 2.45) is 0 Å². The van der Waals surface area contributed by atoms with Gasteiger partial charge in [0.25, 0.3) is 5.91 Å². The van der Waals surface area contributed by atoms with Crippen molar-refractivity contribution in [3.8, 4) is 12.3 Å². The van der Waals surface area contributed by atoms with E-state index < -0.39 is 0 Å². The molecule has 3 aromatic rings. The second kappa shape index (κ2) is 9.76. The van der Waals surface area contributed by atoms with E-state index in [-0.39, 0.29) is 18.4 Å². The molecule has 3 rings (SSSR count). The Labute approximate surface area is 178 Å². The number of hydrogen-bond donors (Lipinski definition) is 1. The molecule has 0 aliphatic heterocycles. The van der Waals surface area contributed by atoms with Crippen LogP contribution in [0, 0.1) is 19.3 Å². The van der Waals surface area contributed by atoms with E-state index in [0.717, 1.165) is 4.90 Å². The number of carbonyl (C=O) groups is 2. The van der Waals surface area contributed by atoms with Crippen molar-refractivity contribution >= 4 is 29.3 Å². The summed E-state index contributed by atoms with van der Waals surface area (Å²) in [5.41, 5.74) is 1.76. The van der Waals surface area contributed by atoms with E-state index in [1.54, 1.807) is 50.4 Å². The molecular weight excluding hydrogens is 400 g/mol. The normalized spacial score (nSPS) is 10.3. The quantitative estimate of drug-likeness (QED) is 0.466. The summed E-state index contributed by atoms with van der Waals surface area (Å²) in [4.78, 5) is 31.6. The Morgan fingerprint density at radius 1 is 1.23 bits per heavy atom. The summed E-state index contributed by atoms with van der Waals surface area (Å²) in [6, 6.07) is 14.2. The molecule has 0 aliphatic carbocycles. The van der Waals surface area contributed by atoms with Crippen LogP contribution in [0.4, 0.5) is 5.69 Å². The number of aryl methyl sites for hydroxylation is 1. The Hall–Kier alpha value is -3.57. The van der Waals surface area contributed by atoms with E-state index in [4.69, 9.17) is 10.9 Å². The van der Waals surface area contributed by atoms with E-state index in [1.165, 1.54) is 16.7 Å². The van der Waals surface area contributed by atoms with Crippen LogP contribution in [0.25, 0.3) is 0 Å². The average Bonchev–Trinajstić information content (AvgIpc) is 3.17. The molecule has 8 heteroatoms. The number of terminal acetylenes is 1. The maximum Gasteiger partial charge on any atom is 0.255 e. The maximum absolute atomic E-state index is 12.9. The third kappa shape index (κ3) is 5.49. The van der Waals surface area contributed by atoms with Gasteiger partial charge in [-0.05, 0) is 30.3 Å². The fraction of sp³-hybridized carbons (Fsp3) is 0.182. The molecule has 0 saturated carbocycles. The number of aromatic nitrogens is 2. The third-order valence-corrected chi connectivity index (χ3v) is 5.15. The van der Waals surface area contributed by atoms with Gasteiger partial charge < -0.3 is 14.7 Å². The van der Waals surface area contributed by atoms with E-state index in [1.807, 2.05) is 12.1 Å². The molecule has 2 amide bonds. The Balaban J connectivity index is 1.63. The zero-order chi connectivity index (χ0) is 21.5. The zero-order valence-electron chi connectivity index (χ0n) is 16.6. The average molecular weight is 420 g/mol. The van der Waals surface area contributed by atoms with Crippen LogP contribution in [0.3, 0.4) is 0 Å².